The van der Waals surface area contributed by atoms with Crippen LogP contribution < -0.4 is 16.0 Å². The Labute approximate surface area is 160 Å². The number of hydrogen-bond acceptors (Lipinski definition) is 3. The lowest BCUT2D eigenvalue weighted by atomic mass is 9.93. The number of ether oxygens (including phenoxy) is 1. The van der Waals surface area contributed by atoms with Gasteiger partial charge < -0.3 is 20.7 Å². The van der Waals surface area contributed by atoms with Crippen LogP contribution in [0.3, 0.4) is 0 Å². The molecule has 2 aliphatic heterocycles. The van der Waals surface area contributed by atoms with Crippen LogP contribution in [0, 0.1) is 0 Å². The summed E-state index contributed by atoms with van der Waals surface area (Å²) in [5.74, 6) is 0. The highest BCUT2D eigenvalue weighted by atomic mass is 19.4. The molecule has 28 heavy (non-hydrogen) atoms. The van der Waals surface area contributed by atoms with E-state index in [1.54, 1.807) is 12.1 Å². The number of alkyl halides is 3. The van der Waals surface area contributed by atoms with Gasteiger partial charge in [-0.1, -0.05) is 18.2 Å². The zero-order chi connectivity index (χ0) is 19.8. The molecule has 148 valence electrons. The third-order valence-corrected chi connectivity index (χ3v) is 5.11. The minimum atomic E-state index is -4.46. The summed E-state index contributed by atoms with van der Waals surface area (Å²) in [6, 6.07) is 11.7. The van der Waals surface area contributed by atoms with E-state index in [0.717, 1.165) is 43.7 Å². The van der Waals surface area contributed by atoms with Crippen molar-refractivity contribution in [2.24, 2.45) is 0 Å². The van der Waals surface area contributed by atoms with Crippen molar-refractivity contribution >= 4 is 17.4 Å². The average Bonchev–Trinajstić information content (AvgIpc) is 3.23. The maximum Gasteiger partial charge on any atom is 0.416 e. The lowest BCUT2D eigenvalue weighted by Gasteiger charge is -2.26. The minimum Gasteiger partial charge on any atom is -0.372 e. The Bertz CT molecular complexity index is 860. The Balaban J connectivity index is 1.35. The maximum atomic E-state index is 12.7. The van der Waals surface area contributed by atoms with Gasteiger partial charge in [-0.25, -0.2) is 4.79 Å². The molecule has 5 nitrogen and oxygen atoms in total. The first-order chi connectivity index (χ1) is 13.3. The third-order valence-electron chi connectivity index (χ3n) is 5.11. The van der Waals surface area contributed by atoms with Crippen molar-refractivity contribution in [2.75, 3.05) is 23.8 Å². The lowest BCUT2D eigenvalue weighted by Crippen LogP contribution is -2.40. The molecule has 0 spiro atoms. The van der Waals surface area contributed by atoms with Gasteiger partial charge in [0.15, 0.2) is 0 Å². The highest BCUT2D eigenvalue weighted by Crippen LogP contribution is 2.34. The number of carbonyl (C=O) groups excluding carboxylic acids is 1. The molecule has 2 aliphatic rings. The fourth-order valence-corrected chi connectivity index (χ4v) is 3.76. The minimum absolute atomic E-state index is 0.0738. The molecule has 2 saturated heterocycles. The van der Waals surface area contributed by atoms with E-state index in [2.05, 4.69) is 16.0 Å². The number of halogens is 3. The zero-order valence-corrected chi connectivity index (χ0v) is 15.0. The van der Waals surface area contributed by atoms with Gasteiger partial charge in [-0.2, -0.15) is 13.2 Å². The van der Waals surface area contributed by atoms with E-state index >= 15 is 0 Å². The van der Waals surface area contributed by atoms with Gasteiger partial charge in [-0.3, -0.25) is 0 Å². The first-order valence-corrected chi connectivity index (χ1v) is 9.03. The Morgan fingerprint density at radius 3 is 2.50 bits per heavy atom. The van der Waals surface area contributed by atoms with Crippen LogP contribution in [0.4, 0.5) is 29.3 Å². The van der Waals surface area contributed by atoms with Gasteiger partial charge >= 0.3 is 12.2 Å². The number of nitrogens with one attached hydrogen (secondary N) is 3. The molecule has 0 saturated carbocycles. The first-order valence-electron chi connectivity index (χ1n) is 9.03. The van der Waals surface area contributed by atoms with Gasteiger partial charge in [0, 0.05) is 30.4 Å². The van der Waals surface area contributed by atoms with E-state index in [1.165, 1.54) is 12.1 Å². The molecule has 2 fully saturated rings. The van der Waals surface area contributed by atoms with Crippen LogP contribution in [0.2, 0.25) is 0 Å². The fourth-order valence-electron chi connectivity index (χ4n) is 3.76. The number of rotatable bonds is 4. The Kier molecular flexibility index (Phi) is 4.76. The molecule has 3 N–H and O–H groups in total. The van der Waals surface area contributed by atoms with Crippen molar-refractivity contribution in [3.05, 3.63) is 59.7 Å². The van der Waals surface area contributed by atoms with Crippen molar-refractivity contribution in [1.82, 2.24) is 5.32 Å². The van der Waals surface area contributed by atoms with Crippen LogP contribution >= 0.6 is 0 Å². The van der Waals surface area contributed by atoms with Gasteiger partial charge in [-0.15, -0.1) is 0 Å². The molecule has 0 unspecified atom stereocenters. The lowest BCUT2D eigenvalue weighted by molar-refractivity contribution is -0.137. The number of fused-ring (bicyclic) bond motifs is 2. The number of hydrogen-bond donors (Lipinski definition) is 3. The smallest absolute Gasteiger partial charge is 0.372 e. The highest BCUT2D eigenvalue weighted by molar-refractivity contribution is 5.99. The van der Waals surface area contributed by atoms with Gasteiger partial charge in [0.1, 0.15) is 0 Å². The number of carbonyl (C=O) groups is 1. The molecule has 2 atom stereocenters. The van der Waals surface area contributed by atoms with Crippen molar-refractivity contribution in [3.63, 3.8) is 0 Å². The van der Waals surface area contributed by atoms with E-state index in [0.29, 0.717) is 11.7 Å². The number of anilines is 2. The number of morpholine rings is 1. The van der Waals surface area contributed by atoms with Gasteiger partial charge in [-0.05, 0) is 42.3 Å². The predicted molar refractivity (Wildman–Crippen MR) is 99.3 cm³/mol. The second-order valence-corrected chi connectivity index (χ2v) is 7.31. The molecule has 2 aromatic carbocycles. The Hall–Kier alpha value is -2.58. The molecule has 8 heteroatoms. The van der Waals surface area contributed by atoms with E-state index in [1.807, 2.05) is 12.1 Å². The summed E-state index contributed by atoms with van der Waals surface area (Å²) < 4.78 is 44.2. The molecule has 2 bridgehead atoms. The average molecular weight is 391 g/mol. The number of amides is 2. The Morgan fingerprint density at radius 1 is 1.14 bits per heavy atom. The fraction of sp³-hybridized carbons (Fsp3) is 0.350. The van der Waals surface area contributed by atoms with E-state index in [9.17, 15) is 18.0 Å². The summed E-state index contributed by atoms with van der Waals surface area (Å²) in [5, 5.41) is 8.48. The highest BCUT2D eigenvalue weighted by Gasteiger charge is 2.45. The molecular weight excluding hydrogens is 371 g/mol. The monoisotopic (exact) mass is 391 g/mol. The van der Waals surface area contributed by atoms with Crippen LogP contribution in [0.25, 0.3) is 0 Å². The molecule has 4 rings (SSSR count). The van der Waals surface area contributed by atoms with Gasteiger partial charge in [0.2, 0.25) is 0 Å². The van der Waals surface area contributed by atoms with Crippen molar-refractivity contribution in [3.8, 4) is 0 Å². The zero-order valence-electron chi connectivity index (χ0n) is 15.0. The molecule has 2 amide bonds. The van der Waals surface area contributed by atoms with E-state index in [4.69, 9.17) is 4.74 Å². The molecule has 2 heterocycles. The van der Waals surface area contributed by atoms with E-state index in [-0.39, 0.29) is 11.3 Å². The molecule has 2 aromatic rings. The molecule has 0 radical (unpaired) electrons. The van der Waals surface area contributed by atoms with Crippen LogP contribution in [0.15, 0.2) is 48.5 Å². The van der Waals surface area contributed by atoms with Crippen LogP contribution in [0.5, 0.6) is 0 Å². The summed E-state index contributed by atoms with van der Waals surface area (Å²) >= 11 is 0. The van der Waals surface area contributed by atoms with Gasteiger partial charge in [0.05, 0.1) is 17.8 Å². The predicted octanol–water partition coefficient (Wildman–Crippen LogP) is 4.02. The molecule has 0 aliphatic carbocycles. The second-order valence-electron chi connectivity index (χ2n) is 7.31. The number of urea groups is 1. The van der Waals surface area contributed by atoms with E-state index < -0.39 is 17.8 Å². The molecular formula is C20H20F3N3O2. The topological polar surface area (TPSA) is 62.4 Å². The number of benzene rings is 2. The van der Waals surface area contributed by atoms with Crippen LogP contribution in [0.1, 0.15) is 17.5 Å². The first kappa shape index (κ1) is 18.8. The summed E-state index contributed by atoms with van der Waals surface area (Å²) in [4.78, 5) is 12.1. The third kappa shape index (κ3) is 4.13. The van der Waals surface area contributed by atoms with Gasteiger partial charge in [0.25, 0.3) is 0 Å². The van der Waals surface area contributed by atoms with Crippen molar-refractivity contribution < 1.29 is 22.7 Å². The van der Waals surface area contributed by atoms with Crippen molar-refractivity contribution in [2.45, 2.75) is 30.7 Å². The largest absolute Gasteiger partial charge is 0.416 e. The van der Waals surface area contributed by atoms with Crippen LogP contribution in [-0.4, -0.2) is 30.8 Å². The van der Waals surface area contributed by atoms with Crippen molar-refractivity contribution in [1.29, 1.82) is 0 Å². The summed E-state index contributed by atoms with van der Waals surface area (Å²) in [6.07, 6.45) is -2.65. The summed E-state index contributed by atoms with van der Waals surface area (Å²) in [5.41, 5.74) is 0.783. The quantitative estimate of drug-likeness (QED) is 0.738. The normalized spacial score (nSPS) is 23.6. The Morgan fingerprint density at radius 2 is 1.89 bits per heavy atom. The second kappa shape index (κ2) is 7.10. The maximum absolute atomic E-state index is 12.7. The van der Waals surface area contributed by atoms with Crippen LogP contribution in [-0.2, 0) is 17.3 Å². The SMILES string of the molecule is O=C(Nc1ccc(C[C@@]23CN[C@@H](CO2)C3)cc1)Nc1cccc(C(F)(F)F)c1. The standard InChI is InChI=1S/C20H20F3N3O2/c21-20(22,23)14-2-1-3-16(8-14)26-18(27)25-15-6-4-13(5-7-15)9-19-10-17(11-28-19)24-12-19/h1-8,17,24H,9-12H2,(H2,25,26,27)/t17-,19-/m1/s1. The molecule has 0 aromatic heterocycles. The summed E-state index contributed by atoms with van der Waals surface area (Å²) in [7, 11) is 0. The summed E-state index contributed by atoms with van der Waals surface area (Å²) in [6.45, 7) is 1.59.